The molecule has 4 N–H and O–H groups in total. The Morgan fingerprint density at radius 2 is 0.722 bits per heavy atom. The Labute approximate surface area is 336 Å². The molecule has 6 rings (SSSR count). The summed E-state index contributed by atoms with van der Waals surface area (Å²) in [5.74, 6) is -1.98. The van der Waals surface area contributed by atoms with E-state index in [2.05, 4.69) is 36.4 Å². The normalized spacial score (nSPS) is 11.2. The van der Waals surface area contributed by atoms with Gasteiger partial charge in [-0.1, -0.05) is 182 Å². The Balaban J connectivity index is 0.000000287. The first kappa shape index (κ1) is 43.8. The number of nitrogens with one attached hydrogen (secondary N) is 1. The fourth-order valence-corrected chi connectivity index (χ4v) is 6.22. The number of benzene rings is 6. The van der Waals surface area contributed by atoms with E-state index in [1.807, 2.05) is 151 Å². The molecular formula is C44H42F3N2NaO4. The van der Waals surface area contributed by atoms with Crippen LogP contribution in [0.1, 0.15) is 33.4 Å². The van der Waals surface area contributed by atoms with Gasteiger partial charge in [-0.25, -0.2) is 0 Å². The minimum Gasteiger partial charge on any atom is -0.870 e. The van der Waals surface area contributed by atoms with Crippen LogP contribution in [-0.2, 0) is 25.5 Å². The fourth-order valence-electron chi connectivity index (χ4n) is 6.22. The van der Waals surface area contributed by atoms with Crippen molar-refractivity contribution in [3.8, 4) is 0 Å². The van der Waals surface area contributed by atoms with Crippen molar-refractivity contribution in [2.75, 3.05) is 26.3 Å². The third-order valence-electron chi connectivity index (χ3n) is 8.48. The third-order valence-corrected chi connectivity index (χ3v) is 8.48. The van der Waals surface area contributed by atoms with Gasteiger partial charge in [0.15, 0.2) is 0 Å². The standard InChI is InChI=1S/C23H20F3NO2.C21H21NO.Na.H2O/c24-23(25,26)21(28)27-16-17-29-22(18-10-4-1-5-11-18,19-12-6-2-7-13-19)20-14-8-3-9-15-20;22-16-17-23-21(18-10-4-1-5-11-18,19-12-6-2-7-13-19)20-14-8-3-9-15-20;;/h1-15H,16-17H2,(H,27,28);1-15H,16-17,22H2;;1H2/q;;+1;/p-1. The summed E-state index contributed by atoms with van der Waals surface area (Å²) in [6, 6.07) is 59.4. The summed E-state index contributed by atoms with van der Waals surface area (Å²) in [7, 11) is 0. The zero-order valence-corrected chi connectivity index (χ0v) is 32.0. The maximum atomic E-state index is 12.5. The molecule has 0 saturated carbocycles. The Hall–Kier alpha value is -4.58. The van der Waals surface area contributed by atoms with Crippen LogP contribution >= 0.6 is 0 Å². The number of carbonyl (C=O) groups is 1. The van der Waals surface area contributed by atoms with Gasteiger partial charge in [0.05, 0.1) is 13.2 Å². The molecule has 0 aliphatic heterocycles. The molecule has 0 aromatic heterocycles. The molecule has 0 saturated heterocycles. The Bertz CT molecular complexity index is 1730. The average molecular weight is 743 g/mol. The fraction of sp³-hybridized carbons (Fsp3) is 0.159. The first-order chi connectivity index (χ1) is 25.3. The summed E-state index contributed by atoms with van der Waals surface area (Å²) in [5.41, 5.74) is 9.87. The van der Waals surface area contributed by atoms with Crippen LogP contribution in [0.5, 0.6) is 0 Å². The summed E-state index contributed by atoms with van der Waals surface area (Å²) in [5, 5.41) is 1.86. The maximum Gasteiger partial charge on any atom is 1.00 e. The molecule has 1 amide bonds. The second kappa shape index (κ2) is 21.3. The van der Waals surface area contributed by atoms with Crippen LogP contribution < -0.4 is 40.6 Å². The monoisotopic (exact) mass is 742 g/mol. The van der Waals surface area contributed by atoms with Crippen molar-refractivity contribution < 1.29 is 62.5 Å². The van der Waals surface area contributed by atoms with Gasteiger partial charge in [0, 0.05) is 13.1 Å². The van der Waals surface area contributed by atoms with Crippen molar-refractivity contribution in [2.24, 2.45) is 5.73 Å². The molecule has 0 aliphatic carbocycles. The van der Waals surface area contributed by atoms with Crippen LogP contribution in [0, 0.1) is 0 Å². The molecule has 0 fully saturated rings. The first-order valence-corrected chi connectivity index (χ1v) is 17.0. The van der Waals surface area contributed by atoms with Crippen molar-refractivity contribution in [3.05, 3.63) is 215 Å². The summed E-state index contributed by atoms with van der Waals surface area (Å²) < 4.78 is 50.0. The van der Waals surface area contributed by atoms with E-state index in [4.69, 9.17) is 15.2 Å². The Morgan fingerprint density at radius 3 is 0.944 bits per heavy atom. The van der Waals surface area contributed by atoms with Gasteiger partial charge in [-0.3, -0.25) is 4.79 Å². The van der Waals surface area contributed by atoms with Crippen molar-refractivity contribution in [1.82, 2.24) is 5.32 Å². The number of hydrogen-bond acceptors (Lipinski definition) is 5. The van der Waals surface area contributed by atoms with Crippen molar-refractivity contribution in [2.45, 2.75) is 17.4 Å². The third kappa shape index (κ3) is 10.5. The number of carbonyl (C=O) groups excluding carboxylic acids is 1. The van der Waals surface area contributed by atoms with Gasteiger partial charge in [-0.05, 0) is 33.4 Å². The summed E-state index contributed by atoms with van der Waals surface area (Å²) >= 11 is 0. The molecular weight excluding hydrogens is 700 g/mol. The minimum absolute atomic E-state index is 0. The van der Waals surface area contributed by atoms with Crippen LogP contribution in [0.25, 0.3) is 0 Å². The molecule has 6 nitrogen and oxygen atoms in total. The van der Waals surface area contributed by atoms with E-state index in [1.54, 1.807) is 0 Å². The minimum atomic E-state index is -4.92. The maximum absolute atomic E-state index is 12.5. The van der Waals surface area contributed by atoms with E-state index in [0.717, 1.165) is 33.4 Å². The number of ether oxygens (including phenoxy) is 2. The van der Waals surface area contributed by atoms with E-state index < -0.39 is 23.3 Å². The van der Waals surface area contributed by atoms with E-state index in [0.29, 0.717) is 13.2 Å². The van der Waals surface area contributed by atoms with Crippen molar-refractivity contribution in [3.63, 3.8) is 0 Å². The van der Waals surface area contributed by atoms with E-state index >= 15 is 0 Å². The van der Waals surface area contributed by atoms with E-state index in [-0.39, 0.29) is 48.2 Å². The Morgan fingerprint density at radius 1 is 0.481 bits per heavy atom. The van der Waals surface area contributed by atoms with Gasteiger partial charge >= 0.3 is 41.6 Å². The van der Waals surface area contributed by atoms with E-state index in [1.165, 1.54) is 0 Å². The molecule has 6 aromatic carbocycles. The van der Waals surface area contributed by atoms with Crippen molar-refractivity contribution in [1.29, 1.82) is 0 Å². The molecule has 0 bridgehead atoms. The molecule has 0 heterocycles. The molecule has 0 atom stereocenters. The SMILES string of the molecule is NCCOC(c1ccccc1)(c1ccccc1)c1ccccc1.O=C(NCCOC(c1ccccc1)(c1ccccc1)c1ccccc1)C(F)(F)F.[Na+].[OH-]. The molecule has 6 aromatic rings. The number of nitrogens with two attached hydrogens (primary N) is 1. The van der Waals surface area contributed by atoms with Gasteiger partial charge in [0.1, 0.15) is 11.2 Å². The van der Waals surface area contributed by atoms with Crippen molar-refractivity contribution >= 4 is 5.91 Å². The van der Waals surface area contributed by atoms with Gasteiger partial charge in [0.25, 0.3) is 0 Å². The summed E-state index contributed by atoms with van der Waals surface area (Å²) in [4.78, 5) is 11.1. The molecule has 0 aliphatic rings. The zero-order chi connectivity index (χ0) is 36.7. The number of amides is 1. The molecule has 274 valence electrons. The zero-order valence-electron chi connectivity index (χ0n) is 30.0. The quantitative estimate of drug-likeness (QED) is 0.0931. The smallest absolute Gasteiger partial charge is 0.870 e. The second-order valence-corrected chi connectivity index (χ2v) is 11.8. The van der Waals surface area contributed by atoms with Gasteiger partial charge in [-0.2, -0.15) is 13.2 Å². The summed E-state index contributed by atoms with van der Waals surface area (Å²) in [6.07, 6.45) is -4.92. The molecule has 54 heavy (non-hydrogen) atoms. The predicted molar refractivity (Wildman–Crippen MR) is 200 cm³/mol. The Kier molecular flexibility index (Phi) is 17.3. The number of alkyl halides is 3. The largest absolute Gasteiger partial charge is 1.00 e. The number of hydrogen-bond donors (Lipinski definition) is 2. The van der Waals surface area contributed by atoms with Crippen LogP contribution in [0.15, 0.2) is 182 Å². The molecule has 10 heteroatoms. The molecule has 0 spiro atoms. The van der Waals surface area contributed by atoms with Crippen LogP contribution in [0.2, 0.25) is 0 Å². The van der Waals surface area contributed by atoms with Crippen LogP contribution in [0.3, 0.4) is 0 Å². The average Bonchev–Trinajstić information content (AvgIpc) is 3.20. The molecule has 0 unspecified atom stereocenters. The first-order valence-electron chi connectivity index (χ1n) is 17.0. The second-order valence-electron chi connectivity index (χ2n) is 11.8. The van der Waals surface area contributed by atoms with Gasteiger partial charge < -0.3 is 26.0 Å². The predicted octanol–water partition coefficient (Wildman–Crippen LogP) is 5.45. The van der Waals surface area contributed by atoms with Crippen LogP contribution in [0.4, 0.5) is 13.2 Å². The number of rotatable bonds is 13. The molecule has 0 radical (unpaired) electrons. The van der Waals surface area contributed by atoms with Gasteiger partial charge in [-0.15, -0.1) is 0 Å². The van der Waals surface area contributed by atoms with Gasteiger partial charge in [0.2, 0.25) is 0 Å². The summed E-state index contributed by atoms with van der Waals surface area (Å²) in [6.45, 7) is 0.583. The number of halogens is 3. The topological polar surface area (TPSA) is 104 Å². The van der Waals surface area contributed by atoms with Crippen LogP contribution in [-0.4, -0.2) is 43.9 Å². The van der Waals surface area contributed by atoms with E-state index in [9.17, 15) is 18.0 Å².